The standard InChI is InChI=1S/C12H17NO.C12H13NO.C7H4FN/c2*13-9-10-5-7-12(8-6-10)14-11-3-1-2-4-11;8-7-3-1-6(5-9)2-4-7/h5-8,11H,1-4,9,13H2;5-8,11H,1-4H2;1-4H. The molecule has 0 amide bonds. The monoisotopic (exact) mass is 499 g/mol. The van der Waals surface area contributed by atoms with Crippen LogP contribution >= 0.6 is 0 Å². The maximum absolute atomic E-state index is 12.1. The van der Waals surface area contributed by atoms with Gasteiger partial charge in [0.25, 0.3) is 0 Å². The van der Waals surface area contributed by atoms with Gasteiger partial charge in [-0.05, 0) is 118 Å². The van der Waals surface area contributed by atoms with Crippen molar-refractivity contribution in [3.05, 3.63) is 95.3 Å². The summed E-state index contributed by atoms with van der Waals surface area (Å²) in [4.78, 5) is 0. The summed E-state index contributed by atoms with van der Waals surface area (Å²) in [7, 11) is 0. The lowest BCUT2D eigenvalue weighted by atomic mass is 10.2. The Kier molecular flexibility index (Phi) is 11.5. The minimum Gasteiger partial charge on any atom is -0.490 e. The number of benzene rings is 3. The van der Waals surface area contributed by atoms with Gasteiger partial charge in [0, 0.05) is 6.54 Å². The normalized spacial score (nSPS) is 14.8. The highest BCUT2D eigenvalue weighted by Crippen LogP contribution is 2.25. The summed E-state index contributed by atoms with van der Waals surface area (Å²) in [5.41, 5.74) is 7.85. The molecule has 0 saturated heterocycles. The lowest BCUT2D eigenvalue weighted by Crippen LogP contribution is -2.10. The zero-order valence-electron chi connectivity index (χ0n) is 21.1. The molecule has 2 aliphatic carbocycles. The molecular formula is C31H34FN3O2. The first-order valence-corrected chi connectivity index (χ1v) is 12.9. The second kappa shape index (κ2) is 15.3. The van der Waals surface area contributed by atoms with Crippen molar-refractivity contribution in [2.45, 2.75) is 70.1 Å². The van der Waals surface area contributed by atoms with E-state index in [1.807, 2.05) is 42.5 Å². The molecule has 0 aliphatic heterocycles. The van der Waals surface area contributed by atoms with Gasteiger partial charge in [-0.3, -0.25) is 0 Å². The van der Waals surface area contributed by atoms with Crippen LogP contribution < -0.4 is 15.2 Å². The second-order valence-electron chi connectivity index (χ2n) is 9.15. The van der Waals surface area contributed by atoms with Crippen molar-refractivity contribution >= 4 is 0 Å². The van der Waals surface area contributed by atoms with E-state index in [-0.39, 0.29) is 5.82 Å². The number of halogens is 1. The summed E-state index contributed by atoms with van der Waals surface area (Å²) in [6.45, 7) is 0.601. The highest BCUT2D eigenvalue weighted by Gasteiger charge is 2.16. The minimum atomic E-state index is -0.311. The highest BCUT2D eigenvalue weighted by atomic mass is 19.1. The number of nitriles is 2. The van der Waals surface area contributed by atoms with Gasteiger partial charge in [-0.15, -0.1) is 0 Å². The van der Waals surface area contributed by atoms with Gasteiger partial charge in [0.2, 0.25) is 0 Å². The van der Waals surface area contributed by atoms with Crippen LogP contribution in [0.4, 0.5) is 4.39 Å². The topological polar surface area (TPSA) is 92.1 Å². The number of hydrogen-bond acceptors (Lipinski definition) is 5. The molecule has 0 unspecified atom stereocenters. The molecule has 37 heavy (non-hydrogen) atoms. The van der Waals surface area contributed by atoms with Crippen molar-refractivity contribution in [2.75, 3.05) is 0 Å². The molecule has 0 spiro atoms. The van der Waals surface area contributed by atoms with Crippen LogP contribution in [0.15, 0.2) is 72.8 Å². The molecule has 0 atom stereocenters. The van der Waals surface area contributed by atoms with Gasteiger partial charge >= 0.3 is 0 Å². The molecule has 3 aromatic rings. The fourth-order valence-corrected chi connectivity index (χ4v) is 4.23. The number of hydrogen-bond donors (Lipinski definition) is 1. The Morgan fingerprint density at radius 3 is 1.41 bits per heavy atom. The predicted molar refractivity (Wildman–Crippen MR) is 142 cm³/mol. The molecule has 2 aliphatic rings. The van der Waals surface area contributed by atoms with Gasteiger partial charge in [0.05, 0.1) is 35.5 Å². The van der Waals surface area contributed by atoms with Crippen LogP contribution in [0, 0.1) is 28.5 Å². The molecule has 0 bridgehead atoms. The van der Waals surface area contributed by atoms with Crippen LogP contribution in [0.2, 0.25) is 0 Å². The van der Waals surface area contributed by atoms with Crippen molar-refractivity contribution in [1.82, 2.24) is 0 Å². The van der Waals surface area contributed by atoms with Crippen molar-refractivity contribution in [3.63, 3.8) is 0 Å². The molecule has 2 N–H and O–H groups in total. The molecule has 2 saturated carbocycles. The van der Waals surface area contributed by atoms with Gasteiger partial charge in [0.1, 0.15) is 17.3 Å². The second-order valence-corrected chi connectivity index (χ2v) is 9.15. The Labute approximate surface area is 219 Å². The quantitative estimate of drug-likeness (QED) is 0.406. The fourth-order valence-electron chi connectivity index (χ4n) is 4.23. The Morgan fingerprint density at radius 2 is 1.03 bits per heavy atom. The molecule has 0 heterocycles. The molecule has 5 rings (SSSR count). The summed E-state index contributed by atoms with van der Waals surface area (Å²) < 4.78 is 23.7. The molecular weight excluding hydrogens is 465 g/mol. The van der Waals surface area contributed by atoms with E-state index in [2.05, 4.69) is 6.07 Å². The van der Waals surface area contributed by atoms with E-state index in [1.54, 1.807) is 12.1 Å². The van der Waals surface area contributed by atoms with Gasteiger partial charge < -0.3 is 15.2 Å². The van der Waals surface area contributed by atoms with Crippen LogP contribution in [0.25, 0.3) is 0 Å². The van der Waals surface area contributed by atoms with Crippen LogP contribution in [0.1, 0.15) is 68.1 Å². The van der Waals surface area contributed by atoms with Crippen LogP contribution in [0.5, 0.6) is 11.5 Å². The smallest absolute Gasteiger partial charge is 0.123 e. The summed E-state index contributed by atoms with van der Waals surface area (Å²) in [5.74, 6) is 1.55. The Hall–Kier alpha value is -3.87. The number of ether oxygens (including phenoxy) is 2. The van der Waals surface area contributed by atoms with E-state index in [1.165, 1.54) is 75.6 Å². The van der Waals surface area contributed by atoms with Gasteiger partial charge in [0.15, 0.2) is 0 Å². The fraction of sp³-hybridized carbons (Fsp3) is 0.355. The molecule has 0 aromatic heterocycles. The van der Waals surface area contributed by atoms with Crippen LogP contribution in [-0.4, -0.2) is 12.2 Å². The van der Waals surface area contributed by atoms with Crippen molar-refractivity contribution in [2.24, 2.45) is 5.73 Å². The SMILES string of the molecule is N#Cc1ccc(F)cc1.N#Cc1ccc(OC2CCCC2)cc1.NCc1ccc(OC2CCCC2)cc1. The summed E-state index contributed by atoms with van der Waals surface area (Å²) in [5, 5.41) is 16.9. The van der Waals surface area contributed by atoms with Gasteiger partial charge in [-0.1, -0.05) is 12.1 Å². The summed E-state index contributed by atoms with van der Waals surface area (Å²) >= 11 is 0. The Bertz CT molecular complexity index is 1140. The number of rotatable bonds is 5. The highest BCUT2D eigenvalue weighted by molar-refractivity contribution is 5.34. The molecule has 192 valence electrons. The van der Waals surface area contributed by atoms with Gasteiger partial charge in [-0.2, -0.15) is 10.5 Å². The maximum atomic E-state index is 12.1. The predicted octanol–water partition coefficient (Wildman–Crippen LogP) is 7.04. The average molecular weight is 500 g/mol. The van der Waals surface area contributed by atoms with Crippen molar-refractivity contribution in [3.8, 4) is 23.6 Å². The van der Waals surface area contributed by atoms with Crippen molar-refractivity contribution in [1.29, 1.82) is 10.5 Å². The van der Waals surface area contributed by atoms with E-state index >= 15 is 0 Å². The maximum Gasteiger partial charge on any atom is 0.123 e. The molecule has 3 aromatic carbocycles. The molecule has 0 radical (unpaired) electrons. The summed E-state index contributed by atoms with van der Waals surface area (Å²) in [6.07, 6.45) is 10.8. The first kappa shape index (κ1) is 27.7. The largest absolute Gasteiger partial charge is 0.490 e. The zero-order valence-corrected chi connectivity index (χ0v) is 21.1. The third kappa shape index (κ3) is 9.95. The first-order valence-electron chi connectivity index (χ1n) is 12.9. The van der Waals surface area contributed by atoms with E-state index in [9.17, 15) is 4.39 Å². The Balaban J connectivity index is 0.000000159. The van der Waals surface area contributed by atoms with E-state index < -0.39 is 0 Å². The first-order chi connectivity index (χ1) is 18.1. The van der Waals surface area contributed by atoms with E-state index in [4.69, 9.17) is 25.7 Å². The van der Waals surface area contributed by atoms with Crippen LogP contribution in [-0.2, 0) is 6.54 Å². The molecule has 5 nitrogen and oxygen atoms in total. The lowest BCUT2D eigenvalue weighted by molar-refractivity contribution is 0.210. The average Bonchev–Trinajstić information content (AvgIpc) is 3.66. The van der Waals surface area contributed by atoms with Crippen molar-refractivity contribution < 1.29 is 13.9 Å². The number of nitrogens with two attached hydrogens (primary N) is 1. The third-order valence-corrected chi connectivity index (χ3v) is 6.33. The third-order valence-electron chi connectivity index (χ3n) is 6.33. The lowest BCUT2D eigenvalue weighted by Gasteiger charge is -2.12. The molecule has 2 fully saturated rings. The summed E-state index contributed by atoms with van der Waals surface area (Å²) in [6, 6.07) is 24.8. The van der Waals surface area contributed by atoms with E-state index in [0.717, 1.165) is 17.1 Å². The van der Waals surface area contributed by atoms with Crippen LogP contribution in [0.3, 0.4) is 0 Å². The van der Waals surface area contributed by atoms with E-state index in [0.29, 0.717) is 29.9 Å². The minimum absolute atomic E-state index is 0.311. The Morgan fingerprint density at radius 1 is 0.649 bits per heavy atom. The van der Waals surface area contributed by atoms with Gasteiger partial charge in [-0.25, -0.2) is 4.39 Å². The zero-order chi connectivity index (χ0) is 26.3. The molecule has 6 heteroatoms. The number of nitrogens with zero attached hydrogens (tertiary/aromatic N) is 2.